The molecule has 0 amide bonds. The third-order valence-electron chi connectivity index (χ3n) is 6.86. The number of nitrogens with zero attached hydrogens (tertiary/aromatic N) is 4. The number of hydrogen-bond donors (Lipinski definition) is 1. The first-order valence-electron chi connectivity index (χ1n) is 11.8. The van der Waals surface area contributed by atoms with E-state index >= 15 is 0 Å². The van der Waals surface area contributed by atoms with Crippen LogP contribution in [0.2, 0.25) is 0 Å². The molecule has 2 aromatic heterocycles. The van der Waals surface area contributed by atoms with E-state index in [-0.39, 0.29) is 17.8 Å². The summed E-state index contributed by atoms with van der Waals surface area (Å²) in [4.78, 5) is 2.44. The quantitative estimate of drug-likeness (QED) is 0.468. The Hall–Kier alpha value is -2.86. The van der Waals surface area contributed by atoms with Crippen LogP contribution in [-0.4, -0.2) is 57.9 Å². The van der Waals surface area contributed by atoms with Crippen molar-refractivity contribution in [3.8, 4) is 11.3 Å². The van der Waals surface area contributed by atoms with Crippen LogP contribution in [-0.2, 0) is 17.1 Å². The summed E-state index contributed by atoms with van der Waals surface area (Å²) in [6.45, 7) is 3.30. The van der Waals surface area contributed by atoms with Crippen LogP contribution in [0.4, 0.5) is 32.3 Å². The van der Waals surface area contributed by atoms with Gasteiger partial charge in [-0.3, -0.25) is 9.30 Å². The average molecular weight is 513 g/mol. The van der Waals surface area contributed by atoms with Crippen molar-refractivity contribution in [2.75, 3.05) is 31.6 Å². The van der Waals surface area contributed by atoms with E-state index in [2.05, 4.69) is 20.4 Å². The van der Waals surface area contributed by atoms with Crippen LogP contribution in [0.25, 0.3) is 16.8 Å². The van der Waals surface area contributed by atoms with Gasteiger partial charge in [0.1, 0.15) is 5.69 Å². The molecule has 6 nitrogen and oxygen atoms in total. The second-order valence-corrected chi connectivity index (χ2v) is 9.21. The third kappa shape index (κ3) is 5.01. The Morgan fingerprint density at radius 3 is 2.44 bits per heavy atom. The minimum Gasteiger partial charge on any atom is -0.381 e. The van der Waals surface area contributed by atoms with Gasteiger partial charge in [0.05, 0.1) is 16.6 Å². The van der Waals surface area contributed by atoms with Crippen molar-refractivity contribution in [3.63, 3.8) is 0 Å². The molecule has 2 aliphatic heterocycles. The Kier molecular flexibility index (Phi) is 6.58. The molecule has 0 saturated carbocycles. The van der Waals surface area contributed by atoms with E-state index in [1.54, 1.807) is 22.7 Å². The molecule has 3 aromatic rings. The Morgan fingerprint density at radius 2 is 1.72 bits per heavy atom. The summed E-state index contributed by atoms with van der Waals surface area (Å²) in [5.74, 6) is 0.373. The minimum absolute atomic E-state index is 0.0733. The van der Waals surface area contributed by atoms with Crippen molar-refractivity contribution >= 4 is 11.5 Å². The molecule has 2 aliphatic rings. The van der Waals surface area contributed by atoms with Gasteiger partial charge in [-0.1, -0.05) is 6.07 Å². The van der Waals surface area contributed by atoms with E-state index in [4.69, 9.17) is 4.74 Å². The van der Waals surface area contributed by atoms with Crippen molar-refractivity contribution < 1.29 is 31.1 Å². The number of fused-ring (bicyclic) bond motifs is 1. The van der Waals surface area contributed by atoms with Gasteiger partial charge in [0.15, 0.2) is 0 Å². The Balaban J connectivity index is 1.45. The van der Waals surface area contributed by atoms with E-state index < -0.39 is 29.0 Å². The van der Waals surface area contributed by atoms with Crippen molar-refractivity contribution in [2.45, 2.75) is 50.1 Å². The number of piperidine rings is 1. The highest BCUT2D eigenvalue weighted by Crippen LogP contribution is 2.41. The maximum atomic E-state index is 13.8. The molecule has 1 atom stereocenters. The zero-order valence-electron chi connectivity index (χ0n) is 19.2. The monoisotopic (exact) mass is 513 g/mol. The summed E-state index contributed by atoms with van der Waals surface area (Å²) in [6, 6.07) is 5.30. The number of anilines is 1. The predicted molar refractivity (Wildman–Crippen MR) is 120 cm³/mol. The average Bonchev–Trinajstić information content (AvgIpc) is 3.34. The lowest BCUT2D eigenvalue weighted by atomic mass is 9.99. The van der Waals surface area contributed by atoms with Crippen molar-refractivity contribution in [1.82, 2.24) is 19.5 Å². The molecule has 5 rings (SSSR count). The fraction of sp³-hybridized carbons (Fsp3) is 0.500. The number of rotatable bonds is 4. The van der Waals surface area contributed by atoms with Crippen LogP contribution in [0, 0.1) is 0 Å². The van der Waals surface area contributed by atoms with Crippen molar-refractivity contribution in [2.24, 2.45) is 0 Å². The maximum Gasteiger partial charge on any atom is 0.417 e. The molecule has 0 unspecified atom stereocenters. The number of hydrogen-bond acceptors (Lipinski definition) is 5. The van der Waals surface area contributed by atoms with Gasteiger partial charge in [0.25, 0.3) is 0 Å². The molecule has 194 valence electrons. The van der Waals surface area contributed by atoms with Gasteiger partial charge in [0, 0.05) is 43.6 Å². The molecule has 1 aromatic carbocycles. The first-order valence-corrected chi connectivity index (χ1v) is 11.8. The fourth-order valence-corrected chi connectivity index (χ4v) is 5.10. The van der Waals surface area contributed by atoms with Crippen LogP contribution >= 0.6 is 0 Å². The summed E-state index contributed by atoms with van der Waals surface area (Å²) in [5, 5.41) is 11.6. The van der Waals surface area contributed by atoms with E-state index in [1.807, 2.05) is 0 Å². The topological polar surface area (TPSA) is 54.7 Å². The molecule has 0 bridgehead atoms. The normalized spacial score (nSPS) is 20.7. The number of alkyl halides is 6. The second-order valence-electron chi connectivity index (χ2n) is 9.21. The zero-order chi connectivity index (χ0) is 25.5. The van der Waals surface area contributed by atoms with E-state index in [0.717, 1.165) is 58.1 Å². The molecule has 0 spiro atoms. The molecule has 1 N–H and O–H groups in total. The summed E-state index contributed by atoms with van der Waals surface area (Å²) in [7, 11) is 0. The predicted octanol–water partition coefficient (Wildman–Crippen LogP) is 5.49. The number of halogens is 6. The highest BCUT2D eigenvalue weighted by Gasteiger charge is 2.39. The Morgan fingerprint density at radius 1 is 0.944 bits per heavy atom. The molecule has 4 heterocycles. The molecule has 2 fully saturated rings. The SMILES string of the molecule is FC(F)(F)c1ccc(-c2nnc(N[C@@H]3CCCN(C4CCOCC4)C3)n3cccc23)c(C(F)(F)F)c1. The van der Waals surface area contributed by atoms with Gasteiger partial charge in [-0.15, -0.1) is 10.2 Å². The molecule has 2 saturated heterocycles. The number of aromatic nitrogens is 3. The van der Waals surface area contributed by atoms with Gasteiger partial charge in [-0.2, -0.15) is 26.3 Å². The fourth-order valence-electron chi connectivity index (χ4n) is 5.10. The van der Waals surface area contributed by atoms with E-state index in [1.165, 1.54) is 0 Å². The van der Waals surface area contributed by atoms with Crippen LogP contribution in [0.15, 0.2) is 36.5 Å². The highest BCUT2D eigenvalue weighted by atomic mass is 19.4. The number of nitrogens with one attached hydrogen (secondary N) is 1. The summed E-state index contributed by atoms with van der Waals surface area (Å²) < 4.78 is 87.6. The van der Waals surface area contributed by atoms with Crippen molar-refractivity contribution in [3.05, 3.63) is 47.7 Å². The zero-order valence-corrected chi connectivity index (χ0v) is 19.2. The molecule has 0 aliphatic carbocycles. The summed E-state index contributed by atoms with van der Waals surface area (Å²) in [6.07, 6.45) is -4.39. The third-order valence-corrected chi connectivity index (χ3v) is 6.86. The molecule has 12 heteroatoms. The maximum absolute atomic E-state index is 13.8. The minimum atomic E-state index is -5.01. The molecule has 0 radical (unpaired) electrons. The van der Waals surface area contributed by atoms with Crippen LogP contribution in [0.1, 0.15) is 36.8 Å². The van der Waals surface area contributed by atoms with Gasteiger partial charge < -0.3 is 10.1 Å². The van der Waals surface area contributed by atoms with Gasteiger partial charge >= 0.3 is 12.4 Å². The van der Waals surface area contributed by atoms with Gasteiger partial charge in [-0.25, -0.2) is 0 Å². The highest BCUT2D eigenvalue weighted by molar-refractivity contribution is 5.80. The number of benzene rings is 1. The Bertz CT molecular complexity index is 1220. The Labute approximate surface area is 203 Å². The molecular formula is C24H25F6N5O. The first-order chi connectivity index (χ1) is 17.1. The standard InChI is InChI=1S/C24H25F6N5O/c25-23(26,27)15-5-6-18(19(13-15)24(28,29)30)21-20-4-2-10-35(20)22(33-32-21)31-16-3-1-9-34(14-16)17-7-11-36-12-8-17/h2,4-6,10,13,16-17H,1,3,7-9,11-12,14H2,(H,31,33)/t16-/m1/s1. The van der Waals surface area contributed by atoms with Gasteiger partial charge in [-0.05, 0) is 56.5 Å². The van der Waals surface area contributed by atoms with Gasteiger partial charge in [0.2, 0.25) is 5.95 Å². The number of ether oxygens (including phenoxy) is 1. The first kappa shape index (κ1) is 24.8. The summed E-state index contributed by atoms with van der Waals surface area (Å²) in [5.41, 5.74) is -3.06. The lowest BCUT2D eigenvalue weighted by Crippen LogP contribution is -2.49. The summed E-state index contributed by atoms with van der Waals surface area (Å²) >= 11 is 0. The molecule has 36 heavy (non-hydrogen) atoms. The van der Waals surface area contributed by atoms with E-state index in [9.17, 15) is 26.3 Å². The van der Waals surface area contributed by atoms with Crippen LogP contribution < -0.4 is 5.32 Å². The number of likely N-dealkylation sites (tertiary alicyclic amines) is 1. The van der Waals surface area contributed by atoms with Crippen LogP contribution in [0.5, 0.6) is 0 Å². The lowest BCUT2D eigenvalue weighted by molar-refractivity contribution is -0.142. The van der Waals surface area contributed by atoms with E-state index in [0.29, 0.717) is 23.6 Å². The van der Waals surface area contributed by atoms with Crippen LogP contribution in [0.3, 0.4) is 0 Å². The van der Waals surface area contributed by atoms with Crippen molar-refractivity contribution in [1.29, 1.82) is 0 Å². The largest absolute Gasteiger partial charge is 0.417 e. The lowest BCUT2D eigenvalue weighted by Gasteiger charge is -2.40. The molecular weight excluding hydrogens is 488 g/mol. The smallest absolute Gasteiger partial charge is 0.381 e. The second kappa shape index (κ2) is 9.55.